The molecule has 0 unspecified atom stereocenters. The molecule has 6 nitrogen and oxygen atoms in total. The Hall–Kier alpha value is -2.15. The van der Waals surface area contributed by atoms with E-state index in [1.807, 2.05) is 24.3 Å². The van der Waals surface area contributed by atoms with Gasteiger partial charge in [0.15, 0.2) is 5.13 Å². The number of rotatable bonds is 4. The van der Waals surface area contributed by atoms with Crippen LogP contribution in [0.15, 0.2) is 24.3 Å². The lowest BCUT2D eigenvalue weighted by molar-refractivity contribution is -0.141. The maximum atomic E-state index is 11.5. The van der Waals surface area contributed by atoms with E-state index in [-0.39, 0.29) is 6.54 Å². The molecule has 7 heteroatoms. The largest absolute Gasteiger partial charge is 0.465 e. The number of para-hydroxylation sites is 1. The van der Waals surface area contributed by atoms with Crippen molar-refractivity contribution in [2.45, 2.75) is 6.92 Å². The van der Waals surface area contributed by atoms with Crippen LogP contribution in [0.3, 0.4) is 0 Å². The van der Waals surface area contributed by atoms with E-state index in [1.165, 1.54) is 11.3 Å². The van der Waals surface area contributed by atoms with Gasteiger partial charge in [-0.25, -0.2) is 9.78 Å². The summed E-state index contributed by atoms with van der Waals surface area (Å²) in [7, 11) is 0. The van der Waals surface area contributed by atoms with Crippen molar-refractivity contribution in [2.75, 3.05) is 18.5 Å². The summed E-state index contributed by atoms with van der Waals surface area (Å²) in [6.07, 6.45) is 0. The molecule has 0 atom stereocenters. The molecule has 1 aromatic carbocycles. The predicted octanol–water partition coefficient (Wildman–Crippen LogP) is 1.98. The number of benzene rings is 1. The summed E-state index contributed by atoms with van der Waals surface area (Å²) in [6, 6.07) is 7.10. The van der Waals surface area contributed by atoms with Crippen molar-refractivity contribution in [3.8, 4) is 0 Å². The lowest BCUT2D eigenvalue weighted by Gasteiger charge is -2.04. The number of thiazole rings is 1. The first-order chi connectivity index (χ1) is 9.19. The van der Waals surface area contributed by atoms with E-state index >= 15 is 0 Å². The summed E-state index contributed by atoms with van der Waals surface area (Å²) in [5.74, 6) is -0.470. The zero-order chi connectivity index (χ0) is 13.7. The summed E-state index contributed by atoms with van der Waals surface area (Å²) in [5, 5.41) is 5.47. The fourth-order valence-corrected chi connectivity index (χ4v) is 2.29. The topological polar surface area (TPSA) is 80.3 Å². The molecule has 0 radical (unpaired) electrons. The number of nitrogens with one attached hydrogen (secondary N) is 2. The SMILES string of the molecule is CCOC(=O)CNC(=O)Nc1nc2ccccc2s1. The molecule has 0 aliphatic heterocycles. The summed E-state index contributed by atoms with van der Waals surface area (Å²) >= 11 is 1.37. The first kappa shape index (κ1) is 13.3. The molecule has 0 spiro atoms. The summed E-state index contributed by atoms with van der Waals surface area (Å²) in [6.45, 7) is 1.84. The van der Waals surface area contributed by atoms with Crippen LogP contribution in [0.5, 0.6) is 0 Å². The van der Waals surface area contributed by atoms with Gasteiger partial charge < -0.3 is 10.1 Å². The zero-order valence-corrected chi connectivity index (χ0v) is 11.1. The van der Waals surface area contributed by atoms with Crippen molar-refractivity contribution in [2.24, 2.45) is 0 Å². The van der Waals surface area contributed by atoms with Gasteiger partial charge >= 0.3 is 12.0 Å². The zero-order valence-electron chi connectivity index (χ0n) is 10.3. The molecule has 2 amide bonds. The van der Waals surface area contributed by atoms with Gasteiger partial charge in [0, 0.05) is 0 Å². The Morgan fingerprint density at radius 2 is 2.16 bits per heavy atom. The van der Waals surface area contributed by atoms with Gasteiger partial charge in [-0.05, 0) is 19.1 Å². The number of carbonyl (C=O) groups excluding carboxylic acids is 2. The number of urea groups is 1. The molecule has 0 saturated heterocycles. The molecule has 2 rings (SSSR count). The van der Waals surface area contributed by atoms with Crippen LogP contribution in [-0.2, 0) is 9.53 Å². The predicted molar refractivity (Wildman–Crippen MR) is 73.3 cm³/mol. The molecule has 2 aromatic rings. The second-order valence-electron chi connectivity index (χ2n) is 3.60. The molecule has 0 saturated carbocycles. The fraction of sp³-hybridized carbons (Fsp3) is 0.250. The average Bonchev–Trinajstić information content (AvgIpc) is 2.78. The first-order valence-corrected chi connectivity index (χ1v) is 6.56. The van der Waals surface area contributed by atoms with Gasteiger partial charge in [0.1, 0.15) is 6.54 Å². The normalized spacial score (nSPS) is 10.2. The second kappa shape index (κ2) is 6.14. The van der Waals surface area contributed by atoms with Gasteiger partial charge in [-0.15, -0.1) is 0 Å². The van der Waals surface area contributed by atoms with Gasteiger partial charge in [-0.1, -0.05) is 23.5 Å². The number of nitrogens with zero attached hydrogens (tertiary/aromatic N) is 1. The molecule has 0 aliphatic rings. The number of fused-ring (bicyclic) bond motifs is 1. The van der Waals surface area contributed by atoms with E-state index in [0.717, 1.165) is 10.2 Å². The van der Waals surface area contributed by atoms with Crippen molar-refractivity contribution in [3.63, 3.8) is 0 Å². The number of amides is 2. The maximum Gasteiger partial charge on any atom is 0.325 e. The third kappa shape index (κ3) is 3.65. The van der Waals surface area contributed by atoms with Gasteiger partial charge in [0.2, 0.25) is 0 Å². The Morgan fingerprint density at radius 3 is 2.89 bits per heavy atom. The van der Waals surface area contributed by atoms with Gasteiger partial charge in [-0.2, -0.15) is 0 Å². The van der Waals surface area contributed by atoms with E-state index < -0.39 is 12.0 Å². The van der Waals surface area contributed by atoms with Crippen LogP contribution in [0.2, 0.25) is 0 Å². The van der Waals surface area contributed by atoms with Crippen LogP contribution in [0.25, 0.3) is 10.2 Å². The highest BCUT2D eigenvalue weighted by molar-refractivity contribution is 7.22. The smallest absolute Gasteiger partial charge is 0.325 e. The number of hydrogen-bond acceptors (Lipinski definition) is 5. The minimum absolute atomic E-state index is 0.162. The van der Waals surface area contributed by atoms with Crippen molar-refractivity contribution in [1.29, 1.82) is 0 Å². The standard InChI is InChI=1S/C12H13N3O3S/c1-2-18-10(16)7-13-11(17)15-12-14-8-5-3-4-6-9(8)19-12/h3-6H,2,7H2,1H3,(H2,13,14,15,17). The second-order valence-corrected chi connectivity index (χ2v) is 4.63. The van der Waals surface area contributed by atoms with E-state index in [2.05, 4.69) is 15.6 Å². The molecule has 100 valence electrons. The Labute approximate surface area is 113 Å². The third-order valence-electron chi connectivity index (χ3n) is 2.21. The van der Waals surface area contributed by atoms with E-state index in [1.54, 1.807) is 6.92 Å². The first-order valence-electron chi connectivity index (χ1n) is 5.75. The Kier molecular flexibility index (Phi) is 4.30. The number of esters is 1. The van der Waals surface area contributed by atoms with Crippen molar-refractivity contribution < 1.29 is 14.3 Å². The number of carbonyl (C=O) groups is 2. The van der Waals surface area contributed by atoms with Crippen LogP contribution < -0.4 is 10.6 Å². The molecule has 1 heterocycles. The van der Waals surface area contributed by atoms with Crippen molar-refractivity contribution in [3.05, 3.63) is 24.3 Å². The van der Waals surface area contributed by atoms with E-state index in [4.69, 9.17) is 4.74 Å². The summed E-state index contributed by atoms with van der Waals surface area (Å²) < 4.78 is 5.69. The van der Waals surface area contributed by atoms with Gasteiger partial charge in [0.05, 0.1) is 16.8 Å². The molecule has 1 aromatic heterocycles. The van der Waals surface area contributed by atoms with Gasteiger partial charge in [-0.3, -0.25) is 10.1 Å². The molecular formula is C12H13N3O3S. The number of hydrogen-bond donors (Lipinski definition) is 2. The van der Waals surface area contributed by atoms with Crippen LogP contribution in [-0.4, -0.2) is 30.1 Å². The number of ether oxygens (including phenoxy) is 1. The lowest BCUT2D eigenvalue weighted by Crippen LogP contribution is -2.34. The fourth-order valence-electron chi connectivity index (χ4n) is 1.43. The minimum Gasteiger partial charge on any atom is -0.465 e. The van der Waals surface area contributed by atoms with E-state index in [0.29, 0.717) is 11.7 Å². The molecule has 2 N–H and O–H groups in total. The highest BCUT2D eigenvalue weighted by Gasteiger charge is 2.08. The monoisotopic (exact) mass is 279 g/mol. The van der Waals surface area contributed by atoms with Crippen LogP contribution >= 0.6 is 11.3 Å². The van der Waals surface area contributed by atoms with E-state index in [9.17, 15) is 9.59 Å². The number of aromatic nitrogens is 1. The van der Waals surface area contributed by atoms with Crippen LogP contribution in [0.4, 0.5) is 9.93 Å². The summed E-state index contributed by atoms with van der Waals surface area (Å²) in [5.41, 5.74) is 0.827. The quantitative estimate of drug-likeness (QED) is 0.839. The van der Waals surface area contributed by atoms with Gasteiger partial charge in [0.25, 0.3) is 0 Å². The average molecular weight is 279 g/mol. The van der Waals surface area contributed by atoms with Crippen molar-refractivity contribution in [1.82, 2.24) is 10.3 Å². The third-order valence-corrected chi connectivity index (χ3v) is 3.16. The van der Waals surface area contributed by atoms with Crippen molar-refractivity contribution >= 4 is 38.7 Å². The Bertz CT molecular complexity index is 564. The Morgan fingerprint density at radius 1 is 1.37 bits per heavy atom. The highest BCUT2D eigenvalue weighted by atomic mass is 32.1. The maximum absolute atomic E-state index is 11.5. The number of anilines is 1. The minimum atomic E-state index is -0.480. The van der Waals surface area contributed by atoms with Crippen LogP contribution in [0.1, 0.15) is 6.92 Å². The summed E-state index contributed by atoms with van der Waals surface area (Å²) in [4.78, 5) is 26.8. The molecular weight excluding hydrogens is 266 g/mol. The highest BCUT2D eigenvalue weighted by Crippen LogP contribution is 2.24. The Balaban J connectivity index is 1.90. The molecule has 0 fully saturated rings. The molecule has 19 heavy (non-hydrogen) atoms. The molecule has 0 aliphatic carbocycles. The van der Waals surface area contributed by atoms with Crippen LogP contribution in [0, 0.1) is 0 Å². The lowest BCUT2D eigenvalue weighted by atomic mass is 10.3. The molecule has 0 bridgehead atoms.